The van der Waals surface area contributed by atoms with Crippen LogP contribution in [-0.4, -0.2) is 46.5 Å². The second-order valence-corrected chi connectivity index (χ2v) is 10.1. The summed E-state index contributed by atoms with van der Waals surface area (Å²) in [5.74, 6) is 0.507. The largest absolute Gasteiger partial charge is 0.507 e. The van der Waals surface area contributed by atoms with Gasteiger partial charge in [0.2, 0.25) is 0 Å². The number of ether oxygens (including phenoxy) is 1. The maximum Gasteiger partial charge on any atom is 0.256 e. The Kier molecular flexibility index (Phi) is 7.94. The van der Waals surface area contributed by atoms with Crippen LogP contribution >= 0.6 is 22.6 Å². The van der Waals surface area contributed by atoms with Gasteiger partial charge in [-0.25, -0.2) is 0 Å². The van der Waals surface area contributed by atoms with Crippen molar-refractivity contribution in [2.75, 3.05) is 28.6 Å². The quantitative estimate of drug-likeness (QED) is 0.186. The number of carbonyl (C=O) groups is 1. The van der Waals surface area contributed by atoms with Gasteiger partial charge in [0.1, 0.15) is 17.1 Å². The van der Waals surface area contributed by atoms with Gasteiger partial charge in [0.25, 0.3) is 5.91 Å². The molecule has 1 amide bonds. The third kappa shape index (κ3) is 5.70. The number of alkyl halides is 1. The molecule has 192 valence electrons. The number of aryl methyl sites for hydroxylation is 2. The van der Waals surface area contributed by atoms with Gasteiger partial charge < -0.3 is 31.1 Å². The number of nitrogens with one attached hydrogen (secondary N) is 3. The van der Waals surface area contributed by atoms with Crippen LogP contribution in [0.5, 0.6) is 5.75 Å². The van der Waals surface area contributed by atoms with Gasteiger partial charge in [0.15, 0.2) is 5.82 Å². The van der Waals surface area contributed by atoms with E-state index in [0.717, 1.165) is 39.9 Å². The van der Waals surface area contributed by atoms with Gasteiger partial charge in [-0.3, -0.25) is 9.89 Å². The second kappa shape index (κ2) is 11.0. The molecular weight excluding hydrogens is 571 g/mol. The Morgan fingerprint density at radius 3 is 2.50 bits per heavy atom. The Morgan fingerprint density at radius 1 is 1.22 bits per heavy atom. The van der Waals surface area contributed by atoms with Gasteiger partial charge in [-0.15, -0.1) is 0 Å². The summed E-state index contributed by atoms with van der Waals surface area (Å²) >= 11 is 2.37. The zero-order chi connectivity index (χ0) is 26.0. The molecule has 1 aromatic heterocycles. The second-order valence-electron chi connectivity index (χ2n) is 9.38. The molecule has 36 heavy (non-hydrogen) atoms. The highest BCUT2D eigenvalue weighted by atomic mass is 127. The standard InChI is InChI=1S/C26H33IN6O3/c1-14-7-18(8-15(2)23(14)34)11-29-25-22(24(28)35)26(32-31-25)30-20-5-6-21(19(9-20)10-27)33-12-16(3)36-17(4)13-33/h5-9,16-17,34H,10-13H2,1-4H3,(H2,28,35)(H3,29,30,31,32)/t16-,17+. The molecule has 1 saturated heterocycles. The lowest BCUT2D eigenvalue weighted by Gasteiger charge is -2.37. The van der Waals surface area contributed by atoms with E-state index in [1.54, 1.807) is 0 Å². The van der Waals surface area contributed by atoms with Crippen molar-refractivity contribution in [3.63, 3.8) is 0 Å². The van der Waals surface area contributed by atoms with Gasteiger partial charge in [-0.1, -0.05) is 34.7 Å². The Hall–Kier alpha value is -2.99. The maximum atomic E-state index is 12.3. The van der Waals surface area contributed by atoms with Crippen molar-refractivity contribution in [2.24, 2.45) is 5.73 Å². The van der Waals surface area contributed by atoms with Crippen molar-refractivity contribution in [3.8, 4) is 5.75 Å². The predicted molar refractivity (Wildman–Crippen MR) is 152 cm³/mol. The van der Waals surface area contributed by atoms with E-state index in [0.29, 0.717) is 23.9 Å². The molecule has 0 bridgehead atoms. The molecule has 10 heteroatoms. The molecule has 3 aromatic rings. The molecule has 0 radical (unpaired) electrons. The van der Waals surface area contributed by atoms with Gasteiger partial charge in [0, 0.05) is 35.4 Å². The average molecular weight is 604 g/mol. The van der Waals surface area contributed by atoms with Crippen molar-refractivity contribution < 1.29 is 14.6 Å². The molecule has 2 atom stereocenters. The molecule has 0 unspecified atom stereocenters. The van der Waals surface area contributed by atoms with E-state index in [-0.39, 0.29) is 17.8 Å². The van der Waals surface area contributed by atoms with E-state index in [1.807, 2.05) is 32.0 Å². The number of aromatic hydroxyl groups is 1. The lowest BCUT2D eigenvalue weighted by molar-refractivity contribution is -0.00524. The number of primary amides is 1. The lowest BCUT2D eigenvalue weighted by atomic mass is 10.1. The van der Waals surface area contributed by atoms with Crippen molar-refractivity contribution in [3.05, 3.63) is 58.1 Å². The molecule has 2 aromatic carbocycles. The first-order valence-electron chi connectivity index (χ1n) is 11.9. The number of carbonyl (C=O) groups excluding carboxylic acids is 1. The molecule has 6 N–H and O–H groups in total. The fraction of sp³-hybridized carbons (Fsp3) is 0.385. The van der Waals surface area contributed by atoms with E-state index in [4.69, 9.17) is 10.5 Å². The number of amides is 1. The number of nitrogens with two attached hydrogens (primary N) is 1. The summed E-state index contributed by atoms with van der Waals surface area (Å²) in [4.78, 5) is 14.7. The van der Waals surface area contributed by atoms with Gasteiger partial charge in [-0.2, -0.15) is 5.10 Å². The van der Waals surface area contributed by atoms with Crippen LogP contribution in [-0.2, 0) is 15.7 Å². The zero-order valence-corrected chi connectivity index (χ0v) is 23.1. The van der Waals surface area contributed by atoms with E-state index in [1.165, 1.54) is 11.3 Å². The molecule has 2 heterocycles. The lowest BCUT2D eigenvalue weighted by Crippen LogP contribution is -2.45. The van der Waals surface area contributed by atoms with Crippen LogP contribution in [0, 0.1) is 13.8 Å². The number of nitrogens with zero attached hydrogens (tertiary/aromatic N) is 2. The van der Waals surface area contributed by atoms with Gasteiger partial charge in [-0.05, 0) is 68.1 Å². The summed E-state index contributed by atoms with van der Waals surface area (Å²) in [7, 11) is 0. The highest BCUT2D eigenvalue weighted by Gasteiger charge is 2.24. The minimum atomic E-state index is -0.589. The fourth-order valence-electron chi connectivity index (χ4n) is 4.73. The highest BCUT2D eigenvalue weighted by molar-refractivity contribution is 14.1. The molecule has 0 aliphatic carbocycles. The fourth-order valence-corrected chi connectivity index (χ4v) is 5.34. The average Bonchev–Trinajstić information content (AvgIpc) is 3.23. The number of rotatable bonds is 8. The maximum absolute atomic E-state index is 12.3. The minimum Gasteiger partial charge on any atom is -0.507 e. The Labute approximate surface area is 224 Å². The summed E-state index contributed by atoms with van der Waals surface area (Å²) in [5, 5.41) is 23.7. The summed E-state index contributed by atoms with van der Waals surface area (Å²) in [5.41, 5.74) is 11.7. The summed E-state index contributed by atoms with van der Waals surface area (Å²) in [6.07, 6.45) is 0.354. The molecule has 0 spiro atoms. The number of benzene rings is 2. The Morgan fingerprint density at radius 2 is 1.89 bits per heavy atom. The monoisotopic (exact) mass is 604 g/mol. The highest BCUT2D eigenvalue weighted by Crippen LogP contribution is 2.32. The Balaban J connectivity index is 1.53. The normalized spacial score (nSPS) is 17.8. The number of anilines is 4. The number of H-pyrrole nitrogens is 1. The van der Waals surface area contributed by atoms with Crippen LogP contribution < -0.4 is 21.3 Å². The number of phenolic OH excluding ortho intramolecular Hbond substituents is 1. The van der Waals surface area contributed by atoms with Crippen LogP contribution in [0.25, 0.3) is 0 Å². The smallest absolute Gasteiger partial charge is 0.256 e. The first kappa shape index (κ1) is 26.1. The first-order valence-corrected chi connectivity index (χ1v) is 13.5. The number of hydrogen-bond donors (Lipinski definition) is 5. The molecule has 1 fully saturated rings. The number of morpholine rings is 1. The van der Waals surface area contributed by atoms with Crippen molar-refractivity contribution >= 4 is 51.5 Å². The van der Waals surface area contributed by atoms with Crippen LogP contribution in [0.15, 0.2) is 30.3 Å². The van der Waals surface area contributed by atoms with Gasteiger partial charge in [0.05, 0.1) is 12.2 Å². The number of aromatic amines is 1. The van der Waals surface area contributed by atoms with Gasteiger partial charge >= 0.3 is 0 Å². The van der Waals surface area contributed by atoms with Crippen molar-refractivity contribution in [2.45, 2.75) is 50.9 Å². The number of phenols is 1. The van der Waals surface area contributed by atoms with Crippen LogP contribution in [0.3, 0.4) is 0 Å². The number of halogens is 1. The third-order valence-electron chi connectivity index (χ3n) is 6.28. The Bertz CT molecular complexity index is 1230. The van der Waals surface area contributed by atoms with E-state index < -0.39 is 5.91 Å². The van der Waals surface area contributed by atoms with Crippen LogP contribution in [0.1, 0.15) is 46.5 Å². The third-order valence-corrected chi connectivity index (χ3v) is 7.10. The van der Waals surface area contributed by atoms with E-state index in [2.05, 4.69) is 74.3 Å². The molecule has 4 rings (SSSR count). The van der Waals surface area contributed by atoms with Crippen molar-refractivity contribution in [1.29, 1.82) is 0 Å². The number of aromatic nitrogens is 2. The van der Waals surface area contributed by atoms with Crippen molar-refractivity contribution in [1.82, 2.24) is 10.2 Å². The predicted octanol–water partition coefficient (Wildman–Crippen LogP) is 4.74. The summed E-state index contributed by atoms with van der Waals surface area (Å²) in [6.45, 7) is 10.0. The number of hydrogen-bond acceptors (Lipinski definition) is 7. The first-order chi connectivity index (χ1) is 17.2. The van der Waals surface area contributed by atoms with E-state index >= 15 is 0 Å². The molecule has 0 saturated carbocycles. The summed E-state index contributed by atoms with van der Waals surface area (Å²) < 4.78 is 6.73. The SMILES string of the molecule is Cc1cc(CNc2[nH]nc(Nc3ccc(N4C[C@@H](C)O[C@@H](C)C4)c(CI)c3)c2C(N)=O)cc(C)c1O. The topological polar surface area (TPSA) is 129 Å². The zero-order valence-electron chi connectivity index (χ0n) is 21.0. The van der Waals surface area contributed by atoms with E-state index in [9.17, 15) is 9.90 Å². The molecule has 9 nitrogen and oxygen atoms in total. The molecule has 1 aliphatic rings. The molecular formula is C26H33IN6O3. The minimum absolute atomic E-state index is 0.177. The van der Waals surface area contributed by atoms with Crippen LogP contribution in [0.4, 0.5) is 23.0 Å². The summed E-state index contributed by atoms with van der Waals surface area (Å²) in [6, 6.07) is 9.98. The van der Waals surface area contributed by atoms with Crippen LogP contribution in [0.2, 0.25) is 0 Å². The molecule has 1 aliphatic heterocycles.